The first-order chi connectivity index (χ1) is 8.74. The monoisotopic (exact) mass is 248 g/mol. The molecule has 0 atom stereocenters. The third-order valence-electron chi connectivity index (χ3n) is 4.18. The van der Waals surface area contributed by atoms with E-state index in [0.717, 1.165) is 17.6 Å². The fourth-order valence-electron chi connectivity index (χ4n) is 2.83. The normalized spacial score (nSPS) is 23.7. The average Bonchev–Trinajstić information content (AvgIpc) is 2.46. The molecule has 1 fully saturated rings. The smallest absolute Gasteiger partial charge is 0.142 e. The van der Waals surface area contributed by atoms with E-state index in [0.29, 0.717) is 6.04 Å². The number of nitrogen functional groups attached to an aromatic ring is 1. The van der Waals surface area contributed by atoms with Crippen LogP contribution in [-0.4, -0.2) is 18.1 Å². The first-order valence-electron chi connectivity index (χ1n) is 6.91. The Morgan fingerprint density at radius 2 is 2.06 bits per heavy atom. The predicted molar refractivity (Wildman–Crippen MR) is 76.5 cm³/mol. The minimum Gasteiger partial charge on any atom is -0.357 e. The van der Waals surface area contributed by atoms with Gasteiger partial charge in [0.15, 0.2) is 0 Å². The van der Waals surface area contributed by atoms with Gasteiger partial charge < -0.3 is 10.3 Å². The topological polar surface area (TPSA) is 54.2 Å². The predicted octanol–water partition coefficient (Wildman–Crippen LogP) is 2.77. The second kappa shape index (κ2) is 6.05. The molecule has 1 heterocycles. The van der Waals surface area contributed by atoms with E-state index in [9.17, 15) is 0 Å². The molecule has 1 aromatic rings. The minimum atomic E-state index is 0.619. The second-order valence-corrected chi connectivity index (χ2v) is 5.22. The first kappa shape index (κ1) is 13.1. The molecular weight excluding hydrogens is 224 g/mol. The van der Waals surface area contributed by atoms with E-state index in [1.807, 2.05) is 18.2 Å². The van der Waals surface area contributed by atoms with Crippen molar-refractivity contribution in [3.05, 3.63) is 18.2 Å². The second-order valence-electron chi connectivity index (χ2n) is 5.22. The molecule has 0 aromatic carbocycles. The number of rotatable bonds is 4. The third kappa shape index (κ3) is 2.93. The molecule has 4 nitrogen and oxygen atoms in total. The van der Waals surface area contributed by atoms with Crippen LogP contribution in [0.1, 0.15) is 39.0 Å². The molecule has 0 aliphatic heterocycles. The number of nitrogens with zero attached hydrogens (tertiary/aromatic N) is 2. The molecule has 3 N–H and O–H groups in total. The summed E-state index contributed by atoms with van der Waals surface area (Å²) >= 11 is 0. The van der Waals surface area contributed by atoms with Crippen molar-refractivity contribution < 1.29 is 0 Å². The zero-order valence-electron chi connectivity index (χ0n) is 11.4. The Balaban J connectivity index is 2.00. The summed E-state index contributed by atoms with van der Waals surface area (Å²) in [6.07, 6.45) is 6.57. The Morgan fingerprint density at radius 3 is 2.67 bits per heavy atom. The van der Waals surface area contributed by atoms with E-state index in [2.05, 4.69) is 29.3 Å². The molecule has 4 heteroatoms. The highest BCUT2D eigenvalue weighted by Gasteiger charge is 2.23. The molecule has 0 spiro atoms. The molecular formula is C14H24N4. The van der Waals surface area contributed by atoms with Gasteiger partial charge in [-0.2, -0.15) is 0 Å². The van der Waals surface area contributed by atoms with Crippen molar-refractivity contribution in [1.29, 1.82) is 0 Å². The standard InChI is InChI=1S/C14H24N4/c1-3-11-7-9-12(10-8-11)18(2)14-6-4-5-13(16-14)17-15/h4-6,11-12H,3,7-10,15H2,1-2H3,(H,16,17). The number of anilines is 2. The number of nitrogens with one attached hydrogen (secondary N) is 1. The van der Waals surface area contributed by atoms with Crippen LogP contribution in [0.3, 0.4) is 0 Å². The van der Waals surface area contributed by atoms with Crippen LogP contribution in [0.2, 0.25) is 0 Å². The van der Waals surface area contributed by atoms with Gasteiger partial charge in [0.05, 0.1) is 0 Å². The maximum absolute atomic E-state index is 5.40. The van der Waals surface area contributed by atoms with E-state index in [-0.39, 0.29) is 0 Å². The van der Waals surface area contributed by atoms with E-state index < -0.39 is 0 Å². The first-order valence-corrected chi connectivity index (χ1v) is 6.91. The van der Waals surface area contributed by atoms with Gasteiger partial charge in [-0.25, -0.2) is 10.8 Å². The van der Waals surface area contributed by atoms with Gasteiger partial charge in [0, 0.05) is 13.1 Å². The van der Waals surface area contributed by atoms with Crippen molar-refractivity contribution >= 4 is 11.6 Å². The average molecular weight is 248 g/mol. The Hall–Kier alpha value is -1.29. The quantitative estimate of drug-likeness (QED) is 0.635. The lowest BCUT2D eigenvalue weighted by Gasteiger charge is -2.35. The molecule has 1 aromatic heterocycles. The molecule has 100 valence electrons. The fraction of sp³-hybridized carbons (Fsp3) is 0.643. The van der Waals surface area contributed by atoms with Gasteiger partial charge in [0.25, 0.3) is 0 Å². The molecule has 1 saturated carbocycles. The number of aromatic nitrogens is 1. The van der Waals surface area contributed by atoms with Crippen molar-refractivity contribution in [1.82, 2.24) is 4.98 Å². The van der Waals surface area contributed by atoms with Crippen LogP contribution in [-0.2, 0) is 0 Å². The number of hydrazine groups is 1. The van der Waals surface area contributed by atoms with Gasteiger partial charge in [0.2, 0.25) is 0 Å². The summed E-state index contributed by atoms with van der Waals surface area (Å²) in [7, 11) is 2.14. The molecule has 1 aliphatic rings. The molecule has 18 heavy (non-hydrogen) atoms. The number of pyridine rings is 1. The highest BCUT2D eigenvalue weighted by atomic mass is 15.3. The Morgan fingerprint density at radius 1 is 1.33 bits per heavy atom. The van der Waals surface area contributed by atoms with Crippen molar-refractivity contribution in [2.75, 3.05) is 17.4 Å². The zero-order valence-corrected chi connectivity index (χ0v) is 11.4. The van der Waals surface area contributed by atoms with Crippen LogP contribution in [0.5, 0.6) is 0 Å². The van der Waals surface area contributed by atoms with Crippen molar-refractivity contribution in [2.45, 2.75) is 45.1 Å². The van der Waals surface area contributed by atoms with Crippen LogP contribution >= 0.6 is 0 Å². The van der Waals surface area contributed by atoms with Crippen molar-refractivity contribution in [3.8, 4) is 0 Å². The van der Waals surface area contributed by atoms with E-state index in [1.165, 1.54) is 32.1 Å². The van der Waals surface area contributed by atoms with Gasteiger partial charge in [0.1, 0.15) is 11.6 Å². The van der Waals surface area contributed by atoms with E-state index in [1.54, 1.807) is 0 Å². The van der Waals surface area contributed by atoms with E-state index in [4.69, 9.17) is 5.84 Å². The van der Waals surface area contributed by atoms with Gasteiger partial charge >= 0.3 is 0 Å². The number of hydrogen-bond donors (Lipinski definition) is 2. The number of nitrogens with two attached hydrogens (primary N) is 1. The SMILES string of the molecule is CCC1CCC(N(C)c2cccc(NN)n2)CC1. The molecule has 0 amide bonds. The summed E-state index contributed by atoms with van der Waals surface area (Å²) in [5.74, 6) is 8.06. The molecule has 0 bridgehead atoms. The largest absolute Gasteiger partial charge is 0.357 e. The third-order valence-corrected chi connectivity index (χ3v) is 4.18. The van der Waals surface area contributed by atoms with Crippen LogP contribution in [0.25, 0.3) is 0 Å². The summed E-state index contributed by atoms with van der Waals surface area (Å²) in [6.45, 7) is 2.30. The Labute approximate surface area is 110 Å². The van der Waals surface area contributed by atoms with Crippen LogP contribution in [0.15, 0.2) is 18.2 Å². The highest BCUT2D eigenvalue weighted by molar-refractivity contribution is 5.46. The van der Waals surface area contributed by atoms with Gasteiger partial charge in [-0.1, -0.05) is 19.4 Å². The summed E-state index contributed by atoms with van der Waals surface area (Å²) < 4.78 is 0. The molecule has 0 radical (unpaired) electrons. The van der Waals surface area contributed by atoms with Crippen LogP contribution in [0.4, 0.5) is 11.6 Å². The van der Waals surface area contributed by atoms with Crippen LogP contribution in [0, 0.1) is 5.92 Å². The Bertz CT molecular complexity index is 372. The summed E-state index contributed by atoms with van der Waals surface area (Å²) in [5.41, 5.74) is 2.60. The van der Waals surface area contributed by atoms with Gasteiger partial charge in [-0.3, -0.25) is 0 Å². The van der Waals surface area contributed by atoms with Gasteiger partial charge in [-0.15, -0.1) is 0 Å². The Kier molecular flexibility index (Phi) is 4.42. The molecule has 0 unspecified atom stereocenters. The maximum Gasteiger partial charge on any atom is 0.142 e. The zero-order chi connectivity index (χ0) is 13.0. The van der Waals surface area contributed by atoms with Crippen LogP contribution < -0.4 is 16.2 Å². The summed E-state index contributed by atoms with van der Waals surface area (Å²) in [5, 5.41) is 0. The minimum absolute atomic E-state index is 0.619. The number of hydrogen-bond acceptors (Lipinski definition) is 4. The van der Waals surface area contributed by atoms with E-state index >= 15 is 0 Å². The van der Waals surface area contributed by atoms with Crippen molar-refractivity contribution in [3.63, 3.8) is 0 Å². The lowest BCUT2D eigenvalue weighted by atomic mass is 9.84. The maximum atomic E-state index is 5.40. The summed E-state index contributed by atoms with van der Waals surface area (Å²) in [6, 6.07) is 6.54. The van der Waals surface area contributed by atoms with Gasteiger partial charge in [-0.05, 0) is 43.7 Å². The molecule has 1 aliphatic carbocycles. The molecule has 0 saturated heterocycles. The highest BCUT2D eigenvalue weighted by Crippen LogP contribution is 2.30. The summed E-state index contributed by atoms with van der Waals surface area (Å²) in [4.78, 5) is 6.79. The fourth-order valence-corrected chi connectivity index (χ4v) is 2.83. The lowest BCUT2D eigenvalue weighted by Crippen LogP contribution is -2.35. The van der Waals surface area contributed by atoms with Crippen molar-refractivity contribution in [2.24, 2.45) is 11.8 Å². The lowest BCUT2D eigenvalue weighted by molar-refractivity contribution is 0.313. The molecule has 2 rings (SSSR count).